The molecule has 116 valence electrons. The number of anilines is 1. The minimum absolute atomic E-state index is 0.153. The van der Waals surface area contributed by atoms with E-state index in [1.807, 2.05) is 13.0 Å². The third-order valence-corrected chi connectivity index (χ3v) is 3.97. The molecule has 1 unspecified atom stereocenters. The number of aryl methyl sites for hydroxylation is 1. The average molecular weight is 292 g/mol. The molecule has 21 heavy (non-hydrogen) atoms. The third kappa shape index (κ3) is 4.15. The molecule has 1 fully saturated rings. The number of hydrogen-bond acceptors (Lipinski definition) is 5. The molecule has 1 aromatic rings. The highest BCUT2D eigenvalue weighted by Crippen LogP contribution is 2.28. The number of nitro groups is 1. The summed E-state index contributed by atoms with van der Waals surface area (Å²) in [4.78, 5) is 15.5. The van der Waals surface area contributed by atoms with E-state index in [9.17, 15) is 10.1 Å². The van der Waals surface area contributed by atoms with Crippen molar-refractivity contribution in [2.24, 2.45) is 0 Å². The molecular formula is C15H24N4O2. The first-order chi connectivity index (χ1) is 9.97. The van der Waals surface area contributed by atoms with Gasteiger partial charge in [0.15, 0.2) is 0 Å². The van der Waals surface area contributed by atoms with Crippen molar-refractivity contribution in [3.05, 3.63) is 33.9 Å². The van der Waals surface area contributed by atoms with Crippen LogP contribution in [0, 0.1) is 17.0 Å². The largest absolute Gasteiger partial charge is 0.376 e. The van der Waals surface area contributed by atoms with Crippen molar-refractivity contribution >= 4 is 11.4 Å². The fourth-order valence-electron chi connectivity index (χ4n) is 2.70. The summed E-state index contributed by atoms with van der Waals surface area (Å²) >= 11 is 0. The molecule has 0 saturated carbocycles. The van der Waals surface area contributed by atoms with Gasteiger partial charge in [-0.05, 0) is 26.5 Å². The van der Waals surface area contributed by atoms with E-state index in [4.69, 9.17) is 0 Å². The Morgan fingerprint density at radius 2 is 2.00 bits per heavy atom. The van der Waals surface area contributed by atoms with Gasteiger partial charge in [-0.1, -0.05) is 12.1 Å². The van der Waals surface area contributed by atoms with E-state index in [0.717, 1.165) is 38.3 Å². The van der Waals surface area contributed by atoms with Crippen molar-refractivity contribution < 1.29 is 4.92 Å². The van der Waals surface area contributed by atoms with E-state index in [-0.39, 0.29) is 16.7 Å². The number of hydrogen-bond donors (Lipinski definition) is 1. The summed E-state index contributed by atoms with van der Waals surface area (Å²) < 4.78 is 0. The first-order valence-corrected chi connectivity index (χ1v) is 7.39. The van der Waals surface area contributed by atoms with Crippen LogP contribution in [0.2, 0.25) is 0 Å². The zero-order valence-electron chi connectivity index (χ0n) is 13.0. The third-order valence-electron chi connectivity index (χ3n) is 3.97. The predicted octanol–water partition coefficient (Wildman–Crippen LogP) is 1.95. The standard InChI is InChI=1S/C15H24N4O2/c1-12-5-4-6-14(19(20)21)15(12)16-13(2)11-18-9-7-17(3)8-10-18/h4-6,13,16H,7-11H2,1-3H3. The maximum absolute atomic E-state index is 11.1. The summed E-state index contributed by atoms with van der Waals surface area (Å²) in [5.74, 6) is 0. The van der Waals surface area contributed by atoms with Gasteiger partial charge in [-0.3, -0.25) is 15.0 Å². The molecule has 0 aromatic heterocycles. The lowest BCUT2D eigenvalue weighted by Crippen LogP contribution is -2.47. The Kier molecular flexibility index (Phi) is 5.14. The molecule has 0 aliphatic carbocycles. The fourth-order valence-corrected chi connectivity index (χ4v) is 2.70. The molecule has 1 saturated heterocycles. The van der Waals surface area contributed by atoms with Gasteiger partial charge in [-0.25, -0.2) is 0 Å². The Morgan fingerprint density at radius 1 is 1.33 bits per heavy atom. The lowest BCUT2D eigenvalue weighted by molar-refractivity contribution is -0.384. The number of nitro benzene ring substituents is 1. The normalized spacial score (nSPS) is 18.4. The van der Waals surface area contributed by atoms with Gasteiger partial charge in [0.2, 0.25) is 0 Å². The Bertz CT molecular complexity index is 498. The first kappa shape index (κ1) is 15.7. The molecule has 0 radical (unpaired) electrons. The summed E-state index contributed by atoms with van der Waals surface area (Å²) in [7, 11) is 2.13. The highest BCUT2D eigenvalue weighted by atomic mass is 16.6. The molecule has 1 atom stereocenters. The van der Waals surface area contributed by atoms with Crippen molar-refractivity contribution in [3.8, 4) is 0 Å². The minimum Gasteiger partial charge on any atom is -0.376 e. The summed E-state index contributed by atoms with van der Waals surface area (Å²) in [6.45, 7) is 9.15. The van der Waals surface area contributed by atoms with E-state index in [0.29, 0.717) is 5.69 Å². The molecule has 0 bridgehead atoms. The monoisotopic (exact) mass is 292 g/mol. The Balaban J connectivity index is 1.99. The van der Waals surface area contributed by atoms with Crippen LogP contribution in [-0.4, -0.2) is 60.5 Å². The Hall–Kier alpha value is -1.66. The molecule has 1 aromatic carbocycles. The van der Waals surface area contributed by atoms with Crippen LogP contribution in [0.3, 0.4) is 0 Å². The molecular weight excluding hydrogens is 268 g/mol. The van der Waals surface area contributed by atoms with Crippen LogP contribution in [0.4, 0.5) is 11.4 Å². The number of nitrogens with zero attached hydrogens (tertiary/aromatic N) is 3. The summed E-state index contributed by atoms with van der Waals surface area (Å²) in [6, 6.07) is 5.35. The summed E-state index contributed by atoms with van der Waals surface area (Å²) in [5, 5.41) is 14.5. The smallest absolute Gasteiger partial charge is 0.292 e. The van der Waals surface area contributed by atoms with E-state index >= 15 is 0 Å². The number of piperazine rings is 1. The SMILES string of the molecule is Cc1cccc([N+](=O)[O-])c1NC(C)CN1CCN(C)CC1. The molecule has 6 nitrogen and oxygen atoms in total. The number of rotatable bonds is 5. The van der Waals surface area contributed by atoms with Crippen LogP contribution in [0.15, 0.2) is 18.2 Å². The lowest BCUT2D eigenvalue weighted by Gasteiger charge is -2.34. The first-order valence-electron chi connectivity index (χ1n) is 7.39. The topological polar surface area (TPSA) is 61.7 Å². The van der Waals surface area contributed by atoms with E-state index in [1.54, 1.807) is 12.1 Å². The predicted molar refractivity (Wildman–Crippen MR) is 84.9 cm³/mol. The average Bonchev–Trinajstić information content (AvgIpc) is 2.43. The zero-order valence-corrected chi connectivity index (χ0v) is 13.0. The molecule has 0 amide bonds. The van der Waals surface area contributed by atoms with Gasteiger partial charge in [0, 0.05) is 44.8 Å². The quantitative estimate of drug-likeness (QED) is 0.664. The Labute approximate surface area is 125 Å². The van der Waals surface area contributed by atoms with Crippen molar-refractivity contribution in [1.82, 2.24) is 9.80 Å². The van der Waals surface area contributed by atoms with Crippen molar-refractivity contribution in [2.75, 3.05) is 45.1 Å². The van der Waals surface area contributed by atoms with Crippen LogP contribution in [0.1, 0.15) is 12.5 Å². The van der Waals surface area contributed by atoms with Crippen LogP contribution in [0.25, 0.3) is 0 Å². The van der Waals surface area contributed by atoms with Gasteiger partial charge >= 0.3 is 0 Å². The second-order valence-electron chi connectivity index (χ2n) is 5.88. The number of nitrogens with one attached hydrogen (secondary N) is 1. The lowest BCUT2D eigenvalue weighted by atomic mass is 10.1. The van der Waals surface area contributed by atoms with E-state index in [1.165, 1.54) is 0 Å². The summed E-state index contributed by atoms with van der Waals surface area (Å²) in [6.07, 6.45) is 0. The second-order valence-corrected chi connectivity index (χ2v) is 5.88. The molecule has 1 aliphatic rings. The van der Waals surface area contributed by atoms with Crippen LogP contribution >= 0.6 is 0 Å². The van der Waals surface area contributed by atoms with Gasteiger partial charge < -0.3 is 10.2 Å². The number of para-hydroxylation sites is 1. The highest BCUT2D eigenvalue weighted by Gasteiger charge is 2.20. The van der Waals surface area contributed by atoms with Gasteiger partial charge in [0.05, 0.1) is 4.92 Å². The Morgan fingerprint density at radius 3 is 2.62 bits per heavy atom. The van der Waals surface area contributed by atoms with Crippen LogP contribution in [0.5, 0.6) is 0 Å². The minimum atomic E-state index is -0.322. The summed E-state index contributed by atoms with van der Waals surface area (Å²) in [5.41, 5.74) is 1.71. The van der Waals surface area contributed by atoms with Crippen molar-refractivity contribution in [2.45, 2.75) is 19.9 Å². The van der Waals surface area contributed by atoms with Crippen LogP contribution in [-0.2, 0) is 0 Å². The van der Waals surface area contributed by atoms with Crippen molar-refractivity contribution in [3.63, 3.8) is 0 Å². The second kappa shape index (κ2) is 6.87. The fraction of sp³-hybridized carbons (Fsp3) is 0.600. The molecule has 0 spiro atoms. The molecule has 1 heterocycles. The molecule has 6 heteroatoms. The zero-order chi connectivity index (χ0) is 15.4. The molecule has 1 aliphatic heterocycles. The maximum atomic E-state index is 11.1. The van der Waals surface area contributed by atoms with Gasteiger partial charge in [0.25, 0.3) is 5.69 Å². The maximum Gasteiger partial charge on any atom is 0.292 e. The van der Waals surface area contributed by atoms with Crippen molar-refractivity contribution in [1.29, 1.82) is 0 Å². The number of likely N-dealkylation sites (N-methyl/N-ethyl adjacent to an activating group) is 1. The van der Waals surface area contributed by atoms with Gasteiger partial charge in [-0.15, -0.1) is 0 Å². The van der Waals surface area contributed by atoms with E-state index in [2.05, 4.69) is 29.1 Å². The molecule has 2 rings (SSSR count). The van der Waals surface area contributed by atoms with E-state index < -0.39 is 0 Å². The van der Waals surface area contributed by atoms with Gasteiger partial charge in [0.1, 0.15) is 5.69 Å². The van der Waals surface area contributed by atoms with Gasteiger partial charge in [-0.2, -0.15) is 0 Å². The number of benzene rings is 1. The van der Waals surface area contributed by atoms with Crippen LogP contribution < -0.4 is 5.32 Å². The highest BCUT2D eigenvalue weighted by molar-refractivity contribution is 5.66. The molecule has 1 N–H and O–H groups in total.